The number of piperidine rings is 1. The molecule has 0 spiro atoms. The van der Waals surface area contributed by atoms with Crippen LogP contribution in [0.2, 0.25) is 0 Å². The second-order valence-corrected chi connectivity index (χ2v) is 9.76. The molecule has 0 radical (unpaired) electrons. The fourth-order valence-corrected chi connectivity index (χ4v) is 5.00. The Hall–Kier alpha value is -3.26. The smallest absolute Gasteiger partial charge is 0.204 e. The Bertz CT molecular complexity index is 1270. The number of nitrogens with zero attached hydrogens (tertiary/aromatic N) is 4. The van der Waals surface area contributed by atoms with E-state index in [1.807, 2.05) is 31.2 Å². The summed E-state index contributed by atoms with van der Waals surface area (Å²) in [6.45, 7) is 6.22. The van der Waals surface area contributed by atoms with Crippen molar-refractivity contribution in [2.45, 2.75) is 44.9 Å². The predicted octanol–water partition coefficient (Wildman–Crippen LogP) is 4.15. The number of nitrogens with two attached hydrogens (primary N) is 1. The van der Waals surface area contributed by atoms with Crippen LogP contribution in [0.1, 0.15) is 37.3 Å². The molecule has 5 rings (SSSR count). The largest absolute Gasteiger partial charge is 0.387 e. The highest BCUT2D eigenvalue weighted by molar-refractivity contribution is 5.92. The maximum atomic E-state index is 10.7. The molecule has 3 aromatic rings. The van der Waals surface area contributed by atoms with Crippen LogP contribution in [0.4, 0.5) is 5.95 Å². The minimum Gasteiger partial charge on any atom is -0.387 e. The molecule has 4 N–H and O–H groups in total. The number of allylic oxidation sites excluding steroid dienone is 1. The summed E-state index contributed by atoms with van der Waals surface area (Å²) in [5.74, 6) is 0.841. The van der Waals surface area contributed by atoms with Gasteiger partial charge >= 0.3 is 0 Å². The zero-order chi connectivity index (χ0) is 24.9. The average Bonchev–Trinajstić information content (AvgIpc) is 3.23. The molecule has 1 fully saturated rings. The molecular weight excluding hydrogens is 448 g/mol. The molecule has 1 atom stereocenters. The summed E-state index contributed by atoms with van der Waals surface area (Å²) < 4.78 is 2.18. The van der Waals surface area contributed by atoms with Gasteiger partial charge in [-0.15, -0.1) is 0 Å². The number of aliphatic imine (C=N–C) groups is 1. The Morgan fingerprint density at radius 3 is 2.64 bits per heavy atom. The van der Waals surface area contributed by atoms with E-state index in [1.165, 1.54) is 0 Å². The molecule has 2 aliphatic rings. The Balaban J connectivity index is 1.45. The van der Waals surface area contributed by atoms with Crippen LogP contribution in [-0.2, 0) is 6.54 Å². The van der Waals surface area contributed by atoms with Gasteiger partial charge in [-0.2, -0.15) is 0 Å². The monoisotopic (exact) mass is 484 g/mol. The summed E-state index contributed by atoms with van der Waals surface area (Å²) in [5, 5.41) is 14.4. The van der Waals surface area contributed by atoms with Crippen molar-refractivity contribution >= 4 is 34.8 Å². The van der Waals surface area contributed by atoms with Gasteiger partial charge in [-0.25, -0.2) is 4.98 Å². The van der Waals surface area contributed by atoms with Crippen LogP contribution in [-0.4, -0.2) is 63.6 Å². The van der Waals surface area contributed by atoms with Crippen LogP contribution >= 0.6 is 0 Å². The number of aliphatic hydroxyl groups excluding tert-OH is 1. The van der Waals surface area contributed by atoms with Crippen molar-refractivity contribution in [3.05, 3.63) is 71.4 Å². The van der Waals surface area contributed by atoms with Gasteiger partial charge in [0.1, 0.15) is 0 Å². The quantitative estimate of drug-likeness (QED) is 0.418. The van der Waals surface area contributed by atoms with E-state index in [0.29, 0.717) is 25.6 Å². The second kappa shape index (κ2) is 11.2. The number of benzene rings is 2. The standard InChI is InChI=1S/C29H36N6O/c1-21-7-12-28(36)26(31-21)20-35-27-19-23(9-8-22-5-3-2-4-6-22)10-11-25(27)33-29(35)32-24-13-16-34(17-14-24)18-15-30/h2-11,19,24,28,36H,12-18,20,30H2,1H3,(H,32,33)/b9-8+. The van der Waals surface area contributed by atoms with E-state index in [2.05, 4.69) is 62.3 Å². The molecule has 3 heterocycles. The normalized spacial score (nSPS) is 19.6. The molecular formula is C29H36N6O. The van der Waals surface area contributed by atoms with E-state index in [9.17, 15) is 5.11 Å². The van der Waals surface area contributed by atoms with Gasteiger partial charge < -0.3 is 25.6 Å². The maximum Gasteiger partial charge on any atom is 0.204 e. The molecule has 0 bridgehead atoms. The lowest BCUT2D eigenvalue weighted by Gasteiger charge is -2.32. The van der Waals surface area contributed by atoms with Crippen molar-refractivity contribution in [1.29, 1.82) is 0 Å². The Labute approximate surface area is 213 Å². The van der Waals surface area contributed by atoms with Crippen LogP contribution in [0, 0.1) is 0 Å². The van der Waals surface area contributed by atoms with Crippen LogP contribution < -0.4 is 11.1 Å². The van der Waals surface area contributed by atoms with E-state index in [4.69, 9.17) is 10.7 Å². The SMILES string of the molecule is CC1=CCC(O)C(Cn2c(NC3CCN(CCN)CC3)nc3ccc(/C=C/c4ccccc4)cc32)=N1. The number of rotatable bonds is 8. The molecule has 188 valence electrons. The number of aliphatic hydroxyl groups is 1. The van der Waals surface area contributed by atoms with Gasteiger partial charge in [0.15, 0.2) is 0 Å². The van der Waals surface area contributed by atoms with E-state index >= 15 is 0 Å². The van der Waals surface area contributed by atoms with E-state index in [0.717, 1.165) is 72.0 Å². The molecule has 36 heavy (non-hydrogen) atoms. The highest BCUT2D eigenvalue weighted by Gasteiger charge is 2.23. The Morgan fingerprint density at radius 2 is 1.86 bits per heavy atom. The first-order valence-electron chi connectivity index (χ1n) is 12.9. The van der Waals surface area contributed by atoms with E-state index < -0.39 is 6.10 Å². The molecule has 2 aromatic carbocycles. The third-order valence-electron chi connectivity index (χ3n) is 7.07. The fraction of sp³-hybridized carbons (Fsp3) is 0.379. The van der Waals surface area contributed by atoms with Gasteiger partial charge in [-0.3, -0.25) is 4.99 Å². The van der Waals surface area contributed by atoms with Gasteiger partial charge in [0.25, 0.3) is 0 Å². The molecule has 0 aliphatic carbocycles. The zero-order valence-electron chi connectivity index (χ0n) is 21.0. The molecule has 0 saturated carbocycles. The number of likely N-dealkylation sites (tertiary alicyclic amines) is 1. The lowest BCUT2D eigenvalue weighted by molar-refractivity contribution is 0.224. The summed E-state index contributed by atoms with van der Waals surface area (Å²) >= 11 is 0. The fourth-order valence-electron chi connectivity index (χ4n) is 5.00. The van der Waals surface area contributed by atoms with Gasteiger partial charge in [0.05, 0.1) is 29.4 Å². The lowest BCUT2D eigenvalue weighted by Crippen LogP contribution is -2.41. The molecule has 2 aliphatic heterocycles. The highest BCUT2D eigenvalue weighted by Crippen LogP contribution is 2.26. The predicted molar refractivity (Wildman–Crippen MR) is 149 cm³/mol. The first-order chi connectivity index (χ1) is 17.6. The number of aromatic nitrogens is 2. The summed E-state index contributed by atoms with van der Waals surface area (Å²) in [6.07, 6.45) is 8.39. The summed E-state index contributed by atoms with van der Waals surface area (Å²) in [6, 6.07) is 17.0. The van der Waals surface area contributed by atoms with Gasteiger partial charge in [0.2, 0.25) is 5.95 Å². The Kier molecular flexibility index (Phi) is 7.60. The number of fused-ring (bicyclic) bond motifs is 1. The minimum absolute atomic E-state index is 0.354. The maximum absolute atomic E-state index is 10.7. The van der Waals surface area contributed by atoms with Crippen LogP contribution in [0.15, 0.2) is 65.3 Å². The summed E-state index contributed by atoms with van der Waals surface area (Å²) in [5.41, 5.74) is 11.7. The third kappa shape index (κ3) is 5.75. The van der Waals surface area contributed by atoms with Gasteiger partial charge in [0, 0.05) is 37.9 Å². The third-order valence-corrected chi connectivity index (χ3v) is 7.07. The number of imidazole rings is 1. The number of anilines is 1. The molecule has 7 nitrogen and oxygen atoms in total. The molecule has 1 aromatic heterocycles. The summed E-state index contributed by atoms with van der Waals surface area (Å²) in [7, 11) is 0. The van der Waals surface area contributed by atoms with Crippen molar-refractivity contribution < 1.29 is 5.11 Å². The molecule has 0 amide bonds. The van der Waals surface area contributed by atoms with E-state index in [-0.39, 0.29) is 0 Å². The molecule has 1 unspecified atom stereocenters. The van der Waals surface area contributed by atoms with Crippen molar-refractivity contribution in [1.82, 2.24) is 14.5 Å². The van der Waals surface area contributed by atoms with Crippen molar-refractivity contribution in [3.8, 4) is 0 Å². The highest BCUT2D eigenvalue weighted by atomic mass is 16.3. The zero-order valence-corrected chi connectivity index (χ0v) is 21.0. The number of hydrogen-bond acceptors (Lipinski definition) is 6. The first-order valence-corrected chi connectivity index (χ1v) is 12.9. The van der Waals surface area contributed by atoms with Crippen LogP contribution in [0.3, 0.4) is 0 Å². The van der Waals surface area contributed by atoms with Crippen molar-refractivity contribution in [2.75, 3.05) is 31.5 Å². The first kappa shape index (κ1) is 24.4. The van der Waals surface area contributed by atoms with Crippen molar-refractivity contribution in [3.63, 3.8) is 0 Å². The molecule has 7 heteroatoms. The van der Waals surface area contributed by atoms with Gasteiger partial charge in [-0.05, 0) is 49.4 Å². The number of nitrogens with one attached hydrogen (secondary N) is 1. The average molecular weight is 485 g/mol. The van der Waals surface area contributed by atoms with Crippen LogP contribution in [0.5, 0.6) is 0 Å². The van der Waals surface area contributed by atoms with E-state index in [1.54, 1.807) is 0 Å². The topological polar surface area (TPSA) is 91.7 Å². The Morgan fingerprint density at radius 1 is 1.08 bits per heavy atom. The second-order valence-electron chi connectivity index (χ2n) is 9.76. The lowest BCUT2D eigenvalue weighted by atomic mass is 10.1. The number of hydrogen-bond donors (Lipinski definition) is 3. The van der Waals surface area contributed by atoms with Crippen LogP contribution in [0.25, 0.3) is 23.2 Å². The minimum atomic E-state index is -0.570. The molecule has 1 saturated heterocycles. The van der Waals surface area contributed by atoms with Crippen molar-refractivity contribution in [2.24, 2.45) is 10.7 Å². The summed E-state index contributed by atoms with van der Waals surface area (Å²) in [4.78, 5) is 12.1. The van der Waals surface area contributed by atoms with Gasteiger partial charge in [-0.1, -0.05) is 54.6 Å².